The van der Waals surface area contributed by atoms with Crippen molar-refractivity contribution in [3.63, 3.8) is 0 Å². The Morgan fingerprint density at radius 2 is 2.18 bits per heavy atom. The van der Waals surface area contributed by atoms with E-state index in [1.807, 2.05) is 18.2 Å². The Bertz CT molecular complexity index is 344. The molecule has 0 aliphatic carbocycles. The minimum Gasteiger partial charge on any atom is -0.329 e. The molecular weight excluding hydrogens is 255 g/mol. The maximum atomic E-state index is 5.99. The van der Waals surface area contributed by atoms with Crippen molar-refractivity contribution in [1.29, 1.82) is 0 Å². The summed E-state index contributed by atoms with van der Waals surface area (Å²) in [4.78, 5) is 2.48. The van der Waals surface area contributed by atoms with Gasteiger partial charge in [-0.15, -0.1) is 12.4 Å². The predicted molar refractivity (Wildman–Crippen MR) is 75.8 cm³/mol. The predicted octanol–water partition coefficient (Wildman–Crippen LogP) is 3.08. The Kier molecular flexibility index (Phi) is 6.28. The van der Waals surface area contributed by atoms with Crippen LogP contribution < -0.4 is 5.73 Å². The highest BCUT2D eigenvalue weighted by molar-refractivity contribution is 6.30. The van der Waals surface area contributed by atoms with Crippen molar-refractivity contribution in [2.75, 3.05) is 13.1 Å². The third-order valence-corrected chi connectivity index (χ3v) is 3.53. The fourth-order valence-electron chi connectivity index (χ4n) is 2.40. The Hall–Kier alpha value is -0.280. The number of nitrogens with zero attached hydrogens (tertiary/aromatic N) is 1. The van der Waals surface area contributed by atoms with Crippen molar-refractivity contribution in [1.82, 2.24) is 4.90 Å². The smallest absolute Gasteiger partial charge is 0.0409 e. The second-order valence-corrected chi connectivity index (χ2v) is 4.92. The number of likely N-dealkylation sites (tertiary alicyclic amines) is 1. The molecule has 0 radical (unpaired) electrons. The van der Waals surface area contributed by atoms with Crippen LogP contribution in [-0.2, 0) is 6.54 Å². The Morgan fingerprint density at radius 1 is 1.35 bits per heavy atom. The first-order valence-electron chi connectivity index (χ1n) is 5.98. The summed E-state index contributed by atoms with van der Waals surface area (Å²) in [6.07, 6.45) is 3.84. The van der Waals surface area contributed by atoms with Gasteiger partial charge in [-0.25, -0.2) is 0 Å². The van der Waals surface area contributed by atoms with E-state index >= 15 is 0 Å². The number of benzene rings is 1. The van der Waals surface area contributed by atoms with Gasteiger partial charge in [0.1, 0.15) is 0 Å². The molecule has 1 saturated heterocycles. The first-order chi connectivity index (χ1) is 7.79. The number of hydrogen-bond acceptors (Lipinski definition) is 2. The van der Waals surface area contributed by atoms with Gasteiger partial charge < -0.3 is 5.73 Å². The number of piperidine rings is 1. The highest BCUT2D eigenvalue weighted by atomic mass is 35.5. The summed E-state index contributed by atoms with van der Waals surface area (Å²) < 4.78 is 0. The Balaban J connectivity index is 0.00000144. The second-order valence-electron chi connectivity index (χ2n) is 4.49. The average Bonchev–Trinajstić information content (AvgIpc) is 2.30. The van der Waals surface area contributed by atoms with E-state index in [0.717, 1.165) is 24.7 Å². The zero-order chi connectivity index (χ0) is 11.4. The first kappa shape index (κ1) is 14.8. The third kappa shape index (κ3) is 4.14. The quantitative estimate of drug-likeness (QED) is 0.918. The maximum absolute atomic E-state index is 5.99. The van der Waals surface area contributed by atoms with Crippen LogP contribution in [0.15, 0.2) is 24.3 Å². The molecule has 1 heterocycles. The van der Waals surface area contributed by atoms with E-state index in [1.54, 1.807) is 0 Å². The summed E-state index contributed by atoms with van der Waals surface area (Å²) in [5.41, 5.74) is 7.09. The molecule has 0 aromatic heterocycles. The van der Waals surface area contributed by atoms with E-state index in [9.17, 15) is 0 Å². The van der Waals surface area contributed by atoms with Crippen LogP contribution in [0.3, 0.4) is 0 Å². The number of rotatable bonds is 3. The van der Waals surface area contributed by atoms with Crippen LogP contribution in [0.25, 0.3) is 0 Å². The van der Waals surface area contributed by atoms with E-state index < -0.39 is 0 Å². The first-order valence-corrected chi connectivity index (χ1v) is 6.36. The molecule has 0 saturated carbocycles. The van der Waals surface area contributed by atoms with Crippen molar-refractivity contribution in [2.45, 2.75) is 31.8 Å². The molecule has 1 aromatic carbocycles. The van der Waals surface area contributed by atoms with Crippen LogP contribution in [0.2, 0.25) is 5.02 Å². The number of halogens is 2. The van der Waals surface area contributed by atoms with Crippen LogP contribution in [0, 0.1) is 0 Å². The summed E-state index contributed by atoms with van der Waals surface area (Å²) in [5, 5.41) is 0.818. The van der Waals surface area contributed by atoms with E-state index in [0.29, 0.717) is 6.04 Å². The van der Waals surface area contributed by atoms with Gasteiger partial charge in [-0.2, -0.15) is 0 Å². The summed E-state index contributed by atoms with van der Waals surface area (Å²) in [5.74, 6) is 0. The minimum atomic E-state index is 0. The Labute approximate surface area is 115 Å². The van der Waals surface area contributed by atoms with Gasteiger partial charge in [0.2, 0.25) is 0 Å². The molecule has 2 N–H and O–H groups in total. The van der Waals surface area contributed by atoms with Crippen molar-refractivity contribution < 1.29 is 0 Å². The highest BCUT2D eigenvalue weighted by Crippen LogP contribution is 2.20. The van der Waals surface area contributed by atoms with Crippen molar-refractivity contribution in [3.8, 4) is 0 Å². The third-order valence-electron chi connectivity index (χ3n) is 3.30. The van der Waals surface area contributed by atoms with Gasteiger partial charge in [0, 0.05) is 24.2 Å². The van der Waals surface area contributed by atoms with Crippen LogP contribution in [0.4, 0.5) is 0 Å². The SMILES string of the molecule is Cl.NCC1CCCCN1Cc1cccc(Cl)c1. The van der Waals surface area contributed by atoms with Gasteiger partial charge in [-0.3, -0.25) is 4.90 Å². The molecule has 0 bridgehead atoms. The minimum absolute atomic E-state index is 0. The average molecular weight is 275 g/mol. The lowest BCUT2D eigenvalue weighted by Gasteiger charge is -2.35. The Morgan fingerprint density at radius 3 is 2.88 bits per heavy atom. The largest absolute Gasteiger partial charge is 0.329 e. The molecule has 1 atom stereocenters. The van der Waals surface area contributed by atoms with Crippen LogP contribution >= 0.6 is 24.0 Å². The van der Waals surface area contributed by atoms with Crippen molar-refractivity contribution in [3.05, 3.63) is 34.9 Å². The summed E-state index contributed by atoms with van der Waals surface area (Å²) in [7, 11) is 0. The van der Waals surface area contributed by atoms with Crippen LogP contribution in [0.5, 0.6) is 0 Å². The second kappa shape index (κ2) is 7.22. The molecule has 17 heavy (non-hydrogen) atoms. The molecule has 1 fully saturated rings. The summed E-state index contributed by atoms with van der Waals surface area (Å²) in [6.45, 7) is 2.90. The monoisotopic (exact) mass is 274 g/mol. The fraction of sp³-hybridized carbons (Fsp3) is 0.538. The lowest BCUT2D eigenvalue weighted by Crippen LogP contribution is -2.43. The van der Waals surface area contributed by atoms with Crippen molar-refractivity contribution >= 4 is 24.0 Å². The van der Waals surface area contributed by atoms with Crippen LogP contribution in [0.1, 0.15) is 24.8 Å². The molecule has 2 nitrogen and oxygen atoms in total. The van der Waals surface area contributed by atoms with E-state index in [4.69, 9.17) is 17.3 Å². The highest BCUT2D eigenvalue weighted by Gasteiger charge is 2.20. The van der Waals surface area contributed by atoms with Gasteiger partial charge in [-0.05, 0) is 37.1 Å². The molecule has 1 aliphatic rings. The molecule has 1 unspecified atom stereocenters. The topological polar surface area (TPSA) is 29.3 Å². The molecule has 1 aromatic rings. The van der Waals surface area contributed by atoms with Gasteiger partial charge in [0.15, 0.2) is 0 Å². The molecule has 0 amide bonds. The van der Waals surface area contributed by atoms with Crippen LogP contribution in [-0.4, -0.2) is 24.0 Å². The van der Waals surface area contributed by atoms with Gasteiger partial charge in [-0.1, -0.05) is 30.2 Å². The summed E-state index contributed by atoms with van der Waals surface area (Å²) in [6, 6.07) is 8.66. The van der Waals surface area contributed by atoms with Gasteiger partial charge in [0.05, 0.1) is 0 Å². The fourth-order valence-corrected chi connectivity index (χ4v) is 2.62. The van der Waals surface area contributed by atoms with Crippen molar-refractivity contribution in [2.24, 2.45) is 5.73 Å². The molecule has 1 aliphatic heterocycles. The van der Waals surface area contributed by atoms with E-state index in [2.05, 4.69) is 11.0 Å². The zero-order valence-electron chi connectivity index (χ0n) is 9.94. The molecule has 96 valence electrons. The molecule has 2 rings (SSSR count). The standard InChI is InChI=1S/C13H19ClN2.ClH/c14-12-5-3-4-11(8-12)10-16-7-2-1-6-13(16)9-15;/h3-5,8,13H,1-2,6-7,9-10,15H2;1H. The molecule has 0 spiro atoms. The van der Waals surface area contributed by atoms with Gasteiger partial charge >= 0.3 is 0 Å². The zero-order valence-corrected chi connectivity index (χ0v) is 11.5. The maximum Gasteiger partial charge on any atom is 0.0409 e. The van der Waals surface area contributed by atoms with E-state index in [-0.39, 0.29) is 12.4 Å². The van der Waals surface area contributed by atoms with E-state index in [1.165, 1.54) is 24.8 Å². The van der Waals surface area contributed by atoms with Gasteiger partial charge in [0.25, 0.3) is 0 Å². The molecular formula is C13H20Cl2N2. The normalized spacial score (nSPS) is 20.9. The lowest BCUT2D eigenvalue weighted by atomic mass is 10.0. The molecule has 4 heteroatoms. The number of hydrogen-bond donors (Lipinski definition) is 1. The summed E-state index contributed by atoms with van der Waals surface area (Å²) >= 11 is 5.99. The lowest BCUT2D eigenvalue weighted by molar-refractivity contribution is 0.145. The number of nitrogens with two attached hydrogens (primary N) is 1.